The van der Waals surface area contributed by atoms with E-state index < -0.39 is 0 Å². The summed E-state index contributed by atoms with van der Waals surface area (Å²) >= 11 is 3.05. The molecule has 6 nitrogen and oxygen atoms in total. The average Bonchev–Trinajstić information content (AvgIpc) is 3.36. The lowest BCUT2D eigenvalue weighted by Crippen LogP contribution is -2.23. The van der Waals surface area contributed by atoms with Crippen LogP contribution in [0.15, 0.2) is 34.3 Å². The number of carbonyl (C=O) groups is 1. The van der Waals surface area contributed by atoms with E-state index in [0.29, 0.717) is 22.9 Å². The van der Waals surface area contributed by atoms with Crippen molar-refractivity contribution < 1.29 is 19.0 Å². The fourth-order valence-electron chi connectivity index (χ4n) is 2.39. The van der Waals surface area contributed by atoms with Crippen LogP contribution in [0.5, 0.6) is 17.2 Å². The minimum Gasteiger partial charge on any atom is -0.496 e. The van der Waals surface area contributed by atoms with Gasteiger partial charge in [0.05, 0.1) is 21.3 Å². The van der Waals surface area contributed by atoms with Crippen LogP contribution >= 0.6 is 22.7 Å². The van der Waals surface area contributed by atoms with Crippen LogP contribution in [0.4, 0.5) is 0 Å². The number of hydrogen-bond acceptors (Lipinski definition) is 7. The number of nitrogens with one attached hydrogen (secondary N) is 1. The lowest BCUT2D eigenvalue weighted by molar-refractivity contribution is 0.0946. The monoisotopic (exact) mass is 390 g/mol. The molecule has 2 aromatic heterocycles. The van der Waals surface area contributed by atoms with Gasteiger partial charge in [0, 0.05) is 34.5 Å². The van der Waals surface area contributed by atoms with Gasteiger partial charge in [-0.2, -0.15) is 11.3 Å². The minimum atomic E-state index is -0.237. The quantitative estimate of drug-likeness (QED) is 0.664. The van der Waals surface area contributed by atoms with Crippen molar-refractivity contribution in [3.8, 4) is 27.8 Å². The summed E-state index contributed by atoms with van der Waals surface area (Å²) in [4.78, 5) is 16.8. The number of amides is 1. The molecule has 0 fully saturated rings. The van der Waals surface area contributed by atoms with E-state index in [0.717, 1.165) is 16.1 Å². The molecule has 0 spiro atoms. The summed E-state index contributed by atoms with van der Waals surface area (Å²) in [6, 6.07) is 5.51. The highest BCUT2D eigenvalue weighted by Gasteiger charge is 2.15. The van der Waals surface area contributed by atoms with Gasteiger partial charge < -0.3 is 19.5 Å². The lowest BCUT2D eigenvalue weighted by Gasteiger charge is -2.14. The van der Waals surface area contributed by atoms with Crippen LogP contribution in [-0.2, 0) is 6.54 Å². The number of ether oxygens (including phenoxy) is 3. The molecule has 0 unspecified atom stereocenters. The van der Waals surface area contributed by atoms with Gasteiger partial charge in [0.1, 0.15) is 16.5 Å². The van der Waals surface area contributed by atoms with Crippen LogP contribution in [0.2, 0.25) is 0 Å². The molecular weight excluding hydrogens is 372 g/mol. The van der Waals surface area contributed by atoms with E-state index >= 15 is 0 Å². The van der Waals surface area contributed by atoms with E-state index in [1.54, 1.807) is 50.2 Å². The molecule has 8 heteroatoms. The van der Waals surface area contributed by atoms with Crippen LogP contribution in [0.3, 0.4) is 0 Å². The number of hydrogen-bond donors (Lipinski definition) is 1. The molecule has 0 saturated heterocycles. The Morgan fingerprint density at radius 3 is 2.46 bits per heavy atom. The number of thiophene rings is 1. The van der Waals surface area contributed by atoms with Crippen molar-refractivity contribution in [2.24, 2.45) is 0 Å². The predicted molar refractivity (Wildman–Crippen MR) is 103 cm³/mol. The van der Waals surface area contributed by atoms with Crippen molar-refractivity contribution in [2.45, 2.75) is 6.54 Å². The minimum absolute atomic E-state index is 0.237. The van der Waals surface area contributed by atoms with E-state index in [1.165, 1.54) is 11.3 Å². The number of methoxy groups -OCH3 is 3. The summed E-state index contributed by atoms with van der Waals surface area (Å²) in [7, 11) is 4.69. The van der Waals surface area contributed by atoms with Gasteiger partial charge in [-0.05, 0) is 17.5 Å². The summed E-state index contributed by atoms with van der Waals surface area (Å²) in [6.45, 7) is 0.285. The zero-order chi connectivity index (χ0) is 18.5. The first-order valence-corrected chi connectivity index (χ1v) is 9.53. The molecule has 0 radical (unpaired) electrons. The maximum absolute atomic E-state index is 12.4. The van der Waals surface area contributed by atoms with Crippen LogP contribution in [0.1, 0.15) is 16.1 Å². The second-order valence-electron chi connectivity index (χ2n) is 5.25. The molecule has 1 N–H and O–H groups in total. The highest BCUT2D eigenvalue weighted by atomic mass is 32.1. The Hall–Kier alpha value is -2.58. The molecule has 3 aromatic rings. The third-order valence-electron chi connectivity index (χ3n) is 3.73. The largest absolute Gasteiger partial charge is 0.496 e. The second-order valence-corrected chi connectivity index (χ2v) is 6.89. The van der Waals surface area contributed by atoms with Gasteiger partial charge in [0.25, 0.3) is 5.91 Å². The number of nitrogens with zero attached hydrogens (tertiary/aromatic N) is 1. The zero-order valence-electron chi connectivity index (χ0n) is 14.6. The molecule has 0 bridgehead atoms. The van der Waals surface area contributed by atoms with E-state index in [9.17, 15) is 4.79 Å². The summed E-state index contributed by atoms with van der Waals surface area (Å²) in [5, 5.41) is 9.46. The van der Waals surface area contributed by atoms with E-state index in [1.807, 2.05) is 16.8 Å². The van der Waals surface area contributed by atoms with Crippen molar-refractivity contribution in [1.29, 1.82) is 0 Å². The van der Waals surface area contributed by atoms with E-state index in [-0.39, 0.29) is 12.5 Å². The van der Waals surface area contributed by atoms with Crippen LogP contribution in [-0.4, -0.2) is 32.2 Å². The van der Waals surface area contributed by atoms with Gasteiger partial charge in [0.2, 0.25) is 0 Å². The maximum Gasteiger partial charge on any atom is 0.271 e. The Bertz CT molecular complexity index is 891. The highest BCUT2D eigenvalue weighted by Crippen LogP contribution is 2.34. The molecule has 0 aliphatic carbocycles. The van der Waals surface area contributed by atoms with Crippen LogP contribution in [0, 0.1) is 0 Å². The summed E-state index contributed by atoms with van der Waals surface area (Å²) in [5.74, 6) is 1.52. The normalized spacial score (nSPS) is 10.4. The summed E-state index contributed by atoms with van der Waals surface area (Å²) in [5.41, 5.74) is 2.21. The third kappa shape index (κ3) is 3.81. The molecule has 0 aliphatic heterocycles. The number of benzene rings is 1. The fourth-order valence-corrected chi connectivity index (χ4v) is 3.91. The van der Waals surface area contributed by atoms with Crippen LogP contribution < -0.4 is 19.5 Å². The molecule has 2 heterocycles. The van der Waals surface area contributed by atoms with Gasteiger partial charge in [-0.15, -0.1) is 11.3 Å². The highest BCUT2D eigenvalue weighted by molar-refractivity contribution is 7.14. The zero-order valence-corrected chi connectivity index (χ0v) is 16.2. The first-order chi connectivity index (χ1) is 12.7. The number of rotatable bonds is 7. The van der Waals surface area contributed by atoms with Crippen molar-refractivity contribution in [1.82, 2.24) is 10.3 Å². The molecule has 3 rings (SSSR count). The van der Waals surface area contributed by atoms with E-state index in [2.05, 4.69) is 10.3 Å². The average molecular weight is 390 g/mol. The topological polar surface area (TPSA) is 69.7 Å². The Morgan fingerprint density at radius 2 is 1.81 bits per heavy atom. The van der Waals surface area contributed by atoms with Crippen molar-refractivity contribution in [3.63, 3.8) is 0 Å². The van der Waals surface area contributed by atoms with Gasteiger partial charge in [-0.3, -0.25) is 4.79 Å². The first kappa shape index (κ1) is 18.2. The third-order valence-corrected chi connectivity index (χ3v) is 5.31. The molecule has 0 atom stereocenters. The Morgan fingerprint density at radius 1 is 1.08 bits per heavy atom. The fraction of sp³-hybridized carbons (Fsp3) is 0.222. The standard InChI is InChI=1S/C18H18N2O4S2/c1-22-14-7-16(24-3)15(23-2)6-12(14)8-19-17(21)13-10-26-18(20-13)11-4-5-25-9-11/h4-7,9-10H,8H2,1-3H3,(H,19,21). The molecular formula is C18H18N2O4S2. The van der Waals surface area contributed by atoms with Gasteiger partial charge >= 0.3 is 0 Å². The SMILES string of the molecule is COc1cc(OC)c(OC)cc1CNC(=O)c1csc(-c2ccsc2)n1. The number of thiazole rings is 1. The lowest BCUT2D eigenvalue weighted by atomic mass is 10.1. The molecule has 26 heavy (non-hydrogen) atoms. The van der Waals surface area contributed by atoms with Crippen LogP contribution in [0.25, 0.3) is 10.6 Å². The first-order valence-electron chi connectivity index (χ1n) is 7.71. The van der Waals surface area contributed by atoms with Crippen molar-refractivity contribution in [3.05, 3.63) is 45.6 Å². The Kier molecular flexibility index (Phi) is 5.75. The summed E-state index contributed by atoms with van der Waals surface area (Å²) in [6.07, 6.45) is 0. The van der Waals surface area contributed by atoms with Gasteiger partial charge in [-0.1, -0.05) is 0 Å². The maximum atomic E-state index is 12.4. The van der Waals surface area contributed by atoms with Crippen molar-refractivity contribution >= 4 is 28.6 Å². The Balaban J connectivity index is 1.73. The molecule has 1 aromatic carbocycles. The molecule has 0 saturated carbocycles. The van der Waals surface area contributed by atoms with Gasteiger partial charge in [-0.25, -0.2) is 4.98 Å². The smallest absolute Gasteiger partial charge is 0.271 e. The molecule has 136 valence electrons. The van der Waals surface area contributed by atoms with Gasteiger partial charge in [0.15, 0.2) is 11.5 Å². The number of aromatic nitrogens is 1. The Labute approximate surface area is 159 Å². The molecule has 1 amide bonds. The molecule has 0 aliphatic rings. The second kappa shape index (κ2) is 8.20. The summed E-state index contributed by atoms with van der Waals surface area (Å²) < 4.78 is 16.0. The predicted octanol–water partition coefficient (Wildman–Crippen LogP) is 3.83. The van der Waals surface area contributed by atoms with E-state index in [4.69, 9.17) is 14.2 Å². The number of carbonyl (C=O) groups excluding carboxylic acids is 1. The van der Waals surface area contributed by atoms with Crippen molar-refractivity contribution in [2.75, 3.05) is 21.3 Å².